The first-order chi connectivity index (χ1) is 13.5. The maximum Gasteiger partial charge on any atom is 0.407 e. The molecular formula is C19H21FN4O4. The first kappa shape index (κ1) is 20.8. The molecule has 0 saturated heterocycles. The summed E-state index contributed by atoms with van der Waals surface area (Å²) in [4.78, 5) is 38.7. The average Bonchev–Trinajstić information content (AvgIpc) is 2.71. The Kier molecular flexibility index (Phi) is 8.38. The van der Waals surface area contributed by atoms with Crippen LogP contribution in [0.25, 0.3) is 0 Å². The molecule has 2 aromatic rings. The zero-order chi connectivity index (χ0) is 20.2. The molecule has 0 unspecified atom stereocenters. The summed E-state index contributed by atoms with van der Waals surface area (Å²) < 4.78 is 18.4. The van der Waals surface area contributed by atoms with Crippen LogP contribution in [0.1, 0.15) is 17.7 Å². The van der Waals surface area contributed by atoms with Crippen LogP contribution in [0.3, 0.4) is 0 Å². The van der Waals surface area contributed by atoms with Crippen LogP contribution >= 0.6 is 0 Å². The van der Waals surface area contributed by atoms with Crippen molar-refractivity contribution < 1.29 is 23.5 Å². The normalized spacial score (nSPS) is 10.0. The van der Waals surface area contributed by atoms with E-state index in [1.807, 2.05) is 30.3 Å². The van der Waals surface area contributed by atoms with Crippen molar-refractivity contribution in [2.75, 3.05) is 13.1 Å². The predicted octanol–water partition coefficient (Wildman–Crippen LogP) is 1.27. The second kappa shape index (κ2) is 11.3. The lowest BCUT2D eigenvalue weighted by atomic mass is 10.2. The van der Waals surface area contributed by atoms with Gasteiger partial charge in [-0.25, -0.2) is 9.18 Å². The Balaban J connectivity index is 1.55. The number of pyridine rings is 1. The summed E-state index contributed by atoms with van der Waals surface area (Å²) in [6.07, 6.45) is 0.777. The molecule has 0 aliphatic carbocycles. The lowest BCUT2D eigenvalue weighted by molar-refractivity contribution is -0.126. The fraction of sp³-hybridized carbons (Fsp3) is 0.263. The number of benzene rings is 1. The van der Waals surface area contributed by atoms with Gasteiger partial charge in [0, 0.05) is 19.2 Å². The number of hydrogen-bond acceptors (Lipinski definition) is 5. The van der Waals surface area contributed by atoms with Crippen LogP contribution in [0.15, 0.2) is 48.7 Å². The minimum atomic E-state index is -0.633. The summed E-state index contributed by atoms with van der Waals surface area (Å²) >= 11 is 0. The van der Waals surface area contributed by atoms with Crippen LogP contribution < -0.4 is 16.0 Å². The number of rotatable bonds is 9. The van der Waals surface area contributed by atoms with Gasteiger partial charge in [-0.05, 0) is 17.7 Å². The number of alkyl carbamates (subject to hydrolysis) is 1. The number of ether oxygens (including phenoxy) is 1. The second-order valence-electron chi connectivity index (χ2n) is 5.72. The Hall–Kier alpha value is -3.49. The molecule has 0 spiro atoms. The first-order valence-electron chi connectivity index (χ1n) is 8.62. The van der Waals surface area contributed by atoms with Gasteiger partial charge in [-0.1, -0.05) is 30.3 Å². The molecule has 1 heterocycles. The third-order valence-corrected chi connectivity index (χ3v) is 3.57. The SMILES string of the molecule is O=C(CCNC(=O)OCc1ccccc1)NCC(=O)NCc1ncccc1F. The fourth-order valence-corrected chi connectivity index (χ4v) is 2.11. The van der Waals surface area contributed by atoms with E-state index in [2.05, 4.69) is 20.9 Å². The molecule has 3 amide bonds. The third-order valence-electron chi connectivity index (χ3n) is 3.57. The Morgan fingerprint density at radius 2 is 1.75 bits per heavy atom. The molecule has 1 aromatic heterocycles. The van der Waals surface area contributed by atoms with E-state index in [0.29, 0.717) is 0 Å². The summed E-state index contributed by atoms with van der Waals surface area (Å²) in [6.45, 7) is -0.127. The van der Waals surface area contributed by atoms with Crippen LogP contribution in [-0.4, -0.2) is 36.0 Å². The third kappa shape index (κ3) is 7.81. The van der Waals surface area contributed by atoms with Gasteiger partial charge < -0.3 is 20.7 Å². The van der Waals surface area contributed by atoms with Crippen molar-refractivity contribution in [3.8, 4) is 0 Å². The highest BCUT2D eigenvalue weighted by Gasteiger charge is 2.09. The van der Waals surface area contributed by atoms with Crippen molar-refractivity contribution in [1.29, 1.82) is 0 Å². The van der Waals surface area contributed by atoms with Crippen molar-refractivity contribution in [3.63, 3.8) is 0 Å². The predicted molar refractivity (Wildman–Crippen MR) is 98.3 cm³/mol. The van der Waals surface area contributed by atoms with E-state index in [9.17, 15) is 18.8 Å². The monoisotopic (exact) mass is 388 g/mol. The number of carbonyl (C=O) groups excluding carboxylic acids is 3. The molecule has 0 bridgehead atoms. The van der Waals surface area contributed by atoms with Gasteiger partial charge in [0.15, 0.2) is 0 Å². The highest BCUT2D eigenvalue weighted by atomic mass is 19.1. The maximum atomic E-state index is 13.4. The quantitative estimate of drug-likeness (QED) is 0.599. The summed E-state index contributed by atoms with van der Waals surface area (Å²) in [7, 11) is 0. The van der Waals surface area contributed by atoms with Crippen LogP contribution in [0, 0.1) is 5.82 Å². The molecule has 2 rings (SSSR count). The van der Waals surface area contributed by atoms with Crippen LogP contribution in [-0.2, 0) is 27.5 Å². The number of amides is 3. The van der Waals surface area contributed by atoms with Crippen LogP contribution in [0.2, 0.25) is 0 Å². The highest BCUT2D eigenvalue weighted by Crippen LogP contribution is 2.01. The number of carbonyl (C=O) groups is 3. The van der Waals surface area contributed by atoms with Gasteiger partial charge in [-0.3, -0.25) is 14.6 Å². The molecule has 1 aromatic carbocycles. The molecular weight excluding hydrogens is 367 g/mol. The van der Waals surface area contributed by atoms with Gasteiger partial charge in [-0.2, -0.15) is 0 Å². The molecule has 0 saturated carbocycles. The van der Waals surface area contributed by atoms with Crippen molar-refractivity contribution in [2.45, 2.75) is 19.6 Å². The van der Waals surface area contributed by atoms with E-state index in [1.165, 1.54) is 18.3 Å². The fourth-order valence-electron chi connectivity index (χ4n) is 2.11. The first-order valence-corrected chi connectivity index (χ1v) is 8.62. The van der Waals surface area contributed by atoms with Gasteiger partial charge in [0.1, 0.15) is 12.4 Å². The van der Waals surface area contributed by atoms with Crippen molar-refractivity contribution in [2.24, 2.45) is 0 Å². The standard InChI is InChI=1S/C19H21FN4O4/c20-15-7-4-9-21-16(15)11-23-18(26)12-24-17(25)8-10-22-19(27)28-13-14-5-2-1-3-6-14/h1-7,9H,8,10-13H2,(H,22,27)(H,23,26)(H,24,25). The van der Waals surface area contributed by atoms with Gasteiger partial charge in [0.2, 0.25) is 11.8 Å². The van der Waals surface area contributed by atoms with E-state index in [-0.39, 0.29) is 38.4 Å². The lowest BCUT2D eigenvalue weighted by Crippen LogP contribution is -2.38. The van der Waals surface area contributed by atoms with E-state index in [0.717, 1.165) is 5.56 Å². The molecule has 0 fully saturated rings. The van der Waals surface area contributed by atoms with E-state index >= 15 is 0 Å². The van der Waals surface area contributed by atoms with Crippen LogP contribution in [0.5, 0.6) is 0 Å². The zero-order valence-electron chi connectivity index (χ0n) is 15.1. The number of aromatic nitrogens is 1. The molecule has 9 heteroatoms. The van der Waals surface area contributed by atoms with E-state index in [1.54, 1.807) is 0 Å². The minimum Gasteiger partial charge on any atom is -0.445 e. The second-order valence-corrected chi connectivity index (χ2v) is 5.72. The molecule has 3 N–H and O–H groups in total. The molecule has 0 aliphatic rings. The van der Waals surface area contributed by atoms with Gasteiger partial charge in [-0.15, -0.1) is 0 Å². The van der Waals surface area contributed by atoms with E-state index < -0.39 is 23.7 Å². The molecule has 28 heavy (non-hydrogen) atoms. The van der Waals surface area contributed by atoms with E-state index in [4.69, 9.17) is 4.74 Å². The Labute approximate surface area is 161 Å². The number of nitrogens with one attached hydrogen (secondary N) is 3. The minimum absolute atomic E-state index is 0.0113. The molecule has 0 aliphatic heterocycles. The smallest absolute Gasteiger partial charge is 0.407 e. The van der Waals surface area contributed by atoms with Crippen molar-refractivity contribution >= 4 is 17.9 Å². The largest absolute Gasteiger partial charge is 0.445 e. The Morgan fingerprint density at radius 1 is 0.964 bits per heavy atom. The Bertz CT molecular complexity index is 802. The van der Waals surface area contributed by atoms with Crippen LogP contribution in [0.4, 0.5) is 9.18 Å². The lowest BCUT2D eigenvalue weighted by Gasteiger charge is -2.08. The molecule has 8 nitrogen and oxygen atoms in total. The van der Waals surface area contributed by atoms with Crippen molar-refractivity contribution in [3.05, 3.63) is 65.7 Å². The summed E-state index contributed by atoms with van der Waals surface area (Å²) in [5, 5.41) is 7.32. The van der Waals surface area contributed by atoms with Gasteiger partial charge >= 0.3 is 6.09 Å². The molecule has 0 radical (unpaired) electrons. The molecule has 0 atom stereocenters. The number of halogens is 1. The van der Waals surface area contributed by atoms with Gasteiger partial charge in [0.05, 0.1) is 18.8 Å². The molecule has 148 valence electrons. The number of hydrogen-bond donors (Lipinski definition) is 3. The van der Waals surface area contributed by atoms with Gasteiger partial charge in [0.25, 0.3) is 0 Å². The summed E-state index contributed by atoms with van der Waals surface area (Å²) in [5.74, 6) is -1.41. The summed E-state index contributed by atoms with van der Waals surface area (Å²) in [5.41, 5.74) is 0.965. The van der Waals surface area contributed by atoms with Crippen molar-refractivity contribution in [1.82, 2.24) is 20.9 Å². The summed E-state index contributed by atoms with van der Waals surface area (Å²) in [6, 6.07) is 11.9. The highest BCUT2D eigenvalue weighted by molar-refractivity contribution is 5.84. The maximum absolute atomic E-state index is 13.4. The topological polar surface area (TPSA) is 109 Å². The average molecular weight is 388 g/mol. The number of nitrogens with zero attached hydrogens (tertiary/aromatic N) is 1. The Morgan fingerprint density at radius 3 is 2.50 bits per heavy atom. The zero-order valence-corrected chi connectivity index (χ0v) is 15.1.